The molecule has 0 heterocycles. The highest BCUT2D eigenvalue weighted by molar-refractivity contribution is 6.04. The van der Waals surface area contributed by atoms with E-state index < -0.39 is 6.03 Å². The van der Waals surface area contributed by atoms with Crippen LogP contribution in [0.15, 0.2) is 48.5 Å². The Morgan fingerprint density at radius 1 is 0.963 bits per heavy atom. The number of amides is 5. The zero-order valence-electron chi connectivity index (χ0n) is 14.3. The molecular formula is C18H19N5O4. The second-order valence-corrected chi connectivity index (χ2v) is 5.50. The van der Waals surface area contributed by atoms with Crippen molar-refractivity contribution in [1.82, 2.24) is 10.6 Å². The van der Waals surface area contributed by atoms with Gasteiger partial charge < -0.3 is 27.0 Å². The van der Waals surface area contributed by atoms with E-state index in [9.17, 15) is 19.2 Å². The lowest BCUT2D eigenvalue weighted by Crippen LogP contribution is -2.28. The van der Waals surface area contributed by atoms with Gasteiger partial charge in [0.2, 0.25) is 12.3 Å². The minimum absolute atomic E-state index is 0.142. The molecule has 0 atom stereocenters. The highest BCUT2D eigenvalue weighted by atomic mass is 16.2. The molecule has 0 saturated heterocycles. The van der Waals surface area contributed by atoms with Crippen molar-refractivity contribution in [2.45, 2.75) is 6.54 Å². The Kier molecular flexibility index (Phi) is 6.89. The molecule has 0 saturated carbocycles. The van der Waals surface area contributed by atoms with Gasteiger partial charge in [-0.1, -0.05) is 18.2 Å². The van der Waals surface area contributed by atoms with E-state index >= 15 is 0 Å². The monoisotopic (exact) mass is 369 g/mol. The van der Waals surface area contributed by atoms with Gasteiger partial charge in [-0.2, -0.15) is 0 Å². The zero-order valence-corrected chi connectivity index (χ0v) is 14.3. The molecule has 2 rings (SSSR count). The molecule has 0 spiro atoms. The van der Waals surface area contributed by atoms with E-state index in [1.54, 1.807) is 48.5 Å². The number of nitrogens with two attached hydrogens (primary N) is 1. The summed E-state index contributed by atoms with van der Waals surface area (Å²) < 4.78 is 0. The highest BCUT2D eigenvalue weighted by Gasteiger charge is 2.08. The van der Waals surface area contributed by atoms with Crippen molar-refractivity contribution in [3.8, 4) is 0 Å². The van der Waals surface area contributed by atoms with Crippen LogP contribution >= 0.6 is 0 Å². The van der Waals surface area contributed by atoms with Crippen molar-refractivity contribution in [1.29, 1.82) is 0 Å². The van der Waals surface area contributed by atoms with Crippen molar-refractivity contribution < 1.29 is 19.2 Å². The number of carbonyl (C=O) groups is 4. The van der Waals surface area contributed by atoms with Gasteiger partial charge in [-0.05, 0) is 35.9 Å². The molecular weight excluding hydrogens is 350 g/mol. The van der Waals surface area contributed by atoms with Gasteiger partial charge in [0.05, 0.1) is 6.54 Å². The first-order chi connectivity index (χ1) is 13.0. The molecule has 9 nitrogen and oxygen atoms in total. The number of anilines is 2. The van der Waals surface area contributed by atoms with Crippen LogP contribution in [-0.2, 0) is 16.1 Å². The van der Waals surface area contributed by atoms with Crippen LogP contribution in [0.3, 0.4) is 0 Å². The first-order valence-electron chi connectivity index (χ1n) is 7.98. The van der Waals surface area contributed by atoms with Crippen molar-refractivity contribution in [3.05, 3.63) is 59.7 Å². The van der Waals surface area contributed by atoms with Crippen molar-refractivity contribution in [2.75, 3.05) is 17.2 Å². The van der Waals surface area contributed by atoms with Crippen LogP contribution in [0.1, 0.15) is 15.9 Å². The molecule has 140 valence electrons. The average Bonchev–Trinajstić information content (AvgIpc) is 2.65. The van der Waals surface area contributed by atoms with Gasteiger partial charge in [-0.3, -0.25) is 14.4 Å². The minimum atomic E-state index is -0.620. The molecule has 6 N–H and O–H groups in total. The summed E-state index contributed by atoms with van der Waals surface area (Å²) >= 11 is 0. The van der Waals surface area contributed by atoms with Gasteiger partial charge in [0, 0.05) is 23.5 Å². The van der Waals surface area contributed by atoms with Crippen LogP contribution in [0.5, 0.6) is 0 Å². The van der Waals surface area contributed by atoms with Crippen LogP contribution in [-0.4, -0.2) is 30.8 Å². The second kappa shape index (κ2) is 9.56. The van der Waals surface area contributed by atoms with Crippen LogP contribution in [0.2, 0.25) is 0 Å². The molecule has 0 aliphatic carbocycles. The van der Waals surface area contributed by atoms with Gasteiger partial charge in [0.15, 0.2) is 0 Å². The van der Waals surface area contributed by atoms with E-state index in [2.05, 4.69) is 21.3 Å². The summed E-state index contributed by atoms with van der Waals surface area (Å²) in [6.45, 7) is 0.134. The van der Waals surface area contributed by atoms with E-state index in [4.69, 9.17) is 5.73 Å². The van der Waals surface area contributed by atoms with Gasteiger partial charge in [0.25, 0.3) is 5.91 Å². The molecule has 5 amide bonds. The second-order valence-electron chi connectivity index (χ2n) is 5.50. The highest BCUT2D eigenvalue weighted by Crippen LogP contribution is 2.16. The van der Waals surface area contributed by atoms with E-state index in [0.29, 0.717) is 23.3 Å². The predicted octanol–water partition coefficient (Wildman–Crippen LogP) is 0.792. The first-order valence-corrected chi connectivity index (χ1v) is 7.98. The number of primary amides is 1. The van der Waals surface area contributed by atoms with Crippen molar-refractivity contribution >= 4 is 35.6 Å². The van der Waals surface area contributed by atoms with Crippen LogP contribution in [0.4, 0.5) is 16.2 Å². The maximum Gasteiger partial charge on any atom is 0.312 e. The number of benzene rings is 2. The topological polar surface area (TPSA) is 142 Å². The molecule has 0 aliphatic heterocycles. The Hall–Kier alpha value is -3.88. The lowest BCUT2D eigenvalue weighted by atomic mass is 10.1. The fraction of sp³-hybridized carbons (Fsp3) is 0.111. The summed E-state index contributed by atoms with van der Waals surface area (Å²) in [6.07, 6.45) is 0.436. The largest absolute Gasteiger partial charge is 0.352 e. The van der Waals surface area contributed by atoms with Gasteiger partial charge in [0.1, 0.15) is 0 Å². The standard InChI is InChI=1S/C18H19N5O4/c19-18(27)21-9-12-4-6-13(7-5-12)17(26)23-15-3-1-2-14(8-15)22-16(25)10-20-11-24/h1-8,11H,9-10H2,(H,20,24)(H,22,25)(H,23,26)(H3,19,21,27). The summed E-state index contributed by atoms with van der Waals surface area (Å²) in [5.74, 6) is -0.707. The maximum absolute atomic E-state index is 12.3. The normalized spacial score (nSPS) is 9.78. The Morgan fingerprint density at radius 2 is 1.63 bits per heavy atom. The third-order valence-electron chi connectivity index (χ3n) is 3.43. The lowest BCUT2D eigenvalue weighted by molar-refractivity contribution is -0.118. The van der Waals surface area contributed by atoms with E-state index in [-0.39, 0.29) is 24.9 Å². The molecule has 0 aromatic heterocycles. The summed E-state index contributed by atoms with van der Waals surface area (Å²) in [5.41, 5.74) is 7.23. The quantitative estimate of drug-likeness (QED) is 0.438. The molecule has 2 aromatic carbocycles. The van der Waals surface area contributed by atoms with Crippen LogP contribution in [0, 0.1) is 0 Å². The minimum Gasteiger partial charge on any atom is -0.352 e. The summed E-state index contributed by atoms with van der Waals surface area (Å²) in [6, 6.07) is 12.7. The fourth-order valence-corrected chi connectivity index (χ4v) is 2.18. The third kappa shape index (κ3) is 6.50. The number of urea groups is 1. The summed E-state index contributed by atoms with van der Waals surface area (Å²) in [5, 5.41) is 10.1. The van der Waals surface area contributed by atoms with Crippen molar-refractivity contribution in [3.63, 3.8) is 0 Å². The van der Waals surface area contributed by atoms with Gasteiger partial charge in [-0.25, -0.2) is 4.79 Å². The molecule has 0 aliphatic rings. The van der Waals surface area contributed by atoms with E-state index in [1.807, 2.05) is 0 Å². The van der Waals surface area contributed by atoms with Crippen LogP contribution < -0.4 is 27.0 Å². The average molecular weight is 369 g/mol. The van der Waals surface area contributed by atoms with E-state index in [1.165, 1.54) is 0 Å². The number of rotatable bonds is 8. The summed E-state index contributed by atoms with van der Waals surface area (Å²) in [7, 11) is 0. The molecule has 9 heteroatoms. The molecule has 2 aromatic rings. The zero-order chi connectivity index (χ0) is 19.6. The Bertz CT molecular complexity index is 836. The van der Waals surface area contributed by atoms with Crippen LogP contribution in [0.25, 0.3) is 0 Å². The Labute approximate surface area is 155 Å². The van der Waals surface area contributed by atoms with Crippen molar-refractivity contribution in [2.24, 2.45) is 5.73 Å². The lowest BCUT2D eigenvalue weighted by Gasteiger charge is -2.09. The SMILES string of the molecule is NC(=O)NCc1ccc(C(=O)Nc2cccc(NC(=O)CNC=O)c2)cc1. The molecule has 0 unspecified atom stereocenters. The van der Waals surface area contributed by atoms with E-state index in [0.717, 1.165) is 5.56 Å². The summed E-state index contributed by atoms with van der Waals surface area (Å²) in [4.78, 5) is 44.8. The molecule has 27 heavy (non-hydrogen) atoms. The van der Waals surface area contributed by atoms with Gasteiger partial charge in [-0.15, -0.1) is 0 Å². The molecule has 0 bridgehead atoms. The Balaban J connectivity index is 1.96. The Morgan fingerprint density at radius 3 is 2.26 bits per heavy atom. The predicted molar refractivity (Wildman–Crippen MR) is 100.0 cm³/mol. The fourth-order valence-electron chi connectivity index (χ4n) is 2.18. The van der Waals surface area contributed by atoms with Gasteiger partial charge >= 0.3 is 6.03 Å². The number of nitrogens with one attached hydrogen (secondary N) is 4. The molecule has 0 radical (unpaired) electrons. The molecule has 0 fully saturated rings. The first kappa shape index (κ1) is 19.4. The third-order valence-corrected chi connectivity index (χ3v) is 3.43. The number of hydrogen-bond donors (Lipinski definition) is 5. The number of carbonyl (C=O) groups excluding carboxylic acids is 4. The maximum atomic E-state index is 12.3. The number of hydrogen-bond acceptors (Lipinski definition) is 4. The smallest absolute Gasteiger partial charge is 0.312 e.